The topological polar surface area (TPSA) is 39.5 Å². The van der Waals surface area contributed by atoms with E-state index in [0.29, 0.717) is 6.61 Å². The van der Waals surface area contributed by atoms with Crippen molar-refractivity contribution in [1.82, 2.24) is 14.7 Å². The third kappa shape index (κ3) is 4.02. The van der Waals surface area contributed by atoms with Crippen LogP contribution in [0.4, 0.5) is 4.39 Å². The quantitative estimate of drug-likeness (QED) is 0.691. The first-order valence-electron chi connectivity index (χ1n) is 8.99. The molecule has 0 aliphatic carbocycles. The molecule has 0 amide bonds. The van der Waals surface area contributed by atoms with E-state index in [9.17, 15) is 4.39 Å². The van der Waals surface area contributed by atoms with Crippen LogP contribution in [-0.4, -0.2) is 41.5 Å². The summed E-state index contributed by atoms with van der Waals surface area (Å²) in [6.45, 7) is 2.99. The maximum Gasteiger partial charge on any atom is 0.123 e. The Morgan fingerprint density at radius 2 is 2.07 bits per heavy atom. The third-order valence-corrected chi connectivity index (χ3v) is 4.82. The molecular weight excluding hydrogens is 345 g/mol. The van der Waals surface area contributed by atoms with Crippen molar-refractivity contribution in [1.29, 1.82) is 0 Å². The Bertz CT molecular complexity index is 881. The zero-order valence-electron chi connectivity index (χ0n) is 15.2. The summed E-state index contributed by atoms with van der Waals surface area (Å²) < 4.78 is 26.4. The summed E-state index contributed by atoms with van der Waals surface area (Å²) in [4.78, 5) is 2.35. The normalized spacial score (nSPS) is 17.8. The minimum Gasteiger partial charge on any atom is -0.497 e. The molecule has 1 aliphatic rings. The molecule has 2 heterocycles. The van der Waals surface area contributed by atoms with Crippen molar-refractivity contribution < 1.29 is 13.9 Å². The molecule has 1 atom stereocenters. The lowest BCUT2D eigenvalue weighted by molar-refractivity contribution is -0.0329. The van der Waals surface area contributed by atoms with E-state index in [1.807, 2.05) is 29.1 Å². The van der Waals surface area contributed by atoms with Crippen molar-refractivity contribution in [3.63, 3.8) is 0 Å². The number of methoxy groups -OCH3 is 1. The van der Waals surface area contributed by atoms with Crippen molar-refractivity contribution in [3.05, 3.63) is 77.9 Å². The molecular formula is C21H22FN3O2. The fourth-order valence-electron chi connectivity index (χ4n) is 3.42. The number of aromatic nitrogens is 2. The second-order valence-electron chi connectivity index (χ2n) is 6.59. The smallest absolute Gasteiger partial charge is 0.123 e. The first-order valence-corrected chi connectivity index (χ1v) is 8.99. The van der Waals surface area contributed by atoms with E-state index in [1.165, 1.54) is 12.1 Å². The number of benzene rings is 2. The lowest BCUT2D eigenvalue weighted by Crippen LogP contribution is -2.38. The van der Waals surface area contributed by atoms with Gasteiger partial charge in [0.05, 0.1) is 25.5 Å². The van der Waals surface area contributed by atoms with Crippen molar-refractivity contribution in [2.75, 3.05) is 26.8 Å². The van der Waals surface area contributed by atoms with Gasteiger partial charge in [-0.25, -0.2) is 9.07 Å². The van der Waals surface area contributed by atoms with E-state index in [0.717, 1.165) is 42.2 Å². The molecule has 1 unspecified atom stereocenters. The highest BCUT2D eigenvalue weighted by Crippen LogP contribution is 2.26. The van der Waals surface area contributed by atoms with Gasteiger partial charge in [0.15, 0.2) is 0 Å². The zero-order valence-corrected chi connectivity index (χ0v) is 15.2. The number of rotatable bonds is 5. The highest BCUT2D eigenvalue weighted by atomic mass is 19.1. The average Bonchev–Trinajstić information content (AvgIpc) is 3.23. The molecule has 0 bridgehead atoms. The van der Waals surface area contributed by atoms with Crippen LogP contribution >= 0.6 is 0 Å². The fourth-order valence-corrected chi connectivity index (χ4v) is 3.42. The highest BCUT2D eigenvalue weighted by molar-refractivity contribution is 5.45. The predicted molar refractivity (Wildman–Crippen MR) is 100 cm³/mol. The summed E-state index contributed by atoms with van der Waals surface area (Å²) >= 11 is 0. The largest absolute Gasteiger partial charge is 0.497 e. The standard InChI is InChI=1S/C21H22FN3O2/c1-26-19-7-8-20(25-10-2-9-23-25)17(13-19)14-24-11-12-27-21(15-24)16-3-5-18(22)6-4-16/h2-10,13,21H,11-12,14-15H2,1H3. The molecule has 1 aliphatic heterocycles. The lowest BCUT2D eigenvalue weighted by atomic mass is 10.1. The minimum absolute atomic E-state index is 0.0573. The number of hydrogen-bond acceptors (Lipinski definition) is 4. The number of halogens is 1. The van der Waals surface area contributed by atoms with Gasteiger partial charge in [0.1, 0.15) is 11.6 Å². The zero-order chi connectivity index (χ0) is 18.6. The summed E-state index contributed by atoms with van der Waals surface area (Å²) in [5.41, 5.74) is 3.17. The first kappa shape index (κ1) is 17.7. The van der Waals surface area contributed by atoms with E-state index >= 15 is 0 Å². The molecule has 6 heteroatoms. The SMILES string of the molecule is COc1ccc(-n2cccn2)c(CN2CCOC(c3ccc(F)cc3)C2)c1. The van der Waals surface area contributed by atoms with Crippen LogP contribution in [0.1, 0.15) is 17.2 Å². The maximum atomic E-state index is 13.2. The highest BCUT2D eigenvalue weighted by Gasteiger charge is 2.23. The van der Waals surface area contributed by atoms with E-state index in [1.54, 1.807) is 25.4 Å². The number of nitrogens with zero attached hydrogens (tertiary/aromatic N) is 3. The molecule has 4 rings (SSSR count). The van der Waals surface area contributed by atoms with Crippen LogP contribution in [0, 0.1) is 5.82 Å². The molecule has 5 nitrogen and oxygen atoms in total. The molecule has 2 aromatic carbocycles. The molecule has 1 fully saturated rings. The molecule has 1 saturated heterocycles. The van der Waals surface area contributed by atoms with E-state index in [2.05, 4.69) is 16.1 Å². The van der Waals surface area contributed by atoms with Crippen molar-refractivity contribution >= 4 is 0 Å². The summed E-state index contributed by atoms with van der Waals surface area (Å²) in [5, 5.41) is 4.36. The molecule has 140 valence electrons. The Hall–Kier alpha value is -2.70. The van der Waals surface area contributed by atoms with Crippen molar-refractivity contribution in [3.8, 4) is 11.4 Å². The first-order chi connectivity index (χ1) is 13.2. The van der Waals surface area contributed by atoms with Crippen LogP contribution in [0.2, 0.25) is 0 Å². The van der Waals surface area contributed by atoms with Crippen LogP contribution in [0.25, 0.3) is 5.69 Å². The van der Waals surface area contributed by atoms with Crippen LogP contribution < -0.4 is 4.74 Å². The predicted octanol–water partition coefficient (Wildman–Crippen LogP) is 3.59. The maximum absolute atomic E-state index is 13.2. The Balaban J connectivity index is 1.55. The summed E-state index contributed by atoms with van der Waals surface area (Å²) in [6.07, 6.45) is 3.65. The molecule has 0 radical (unpaired) electrons. The summed E-state index contributed by atoms with van der Waals surface area (Å²) in [7, 11) is 1.67. The number of hydrogen-bond donors (Lipinski definition) is 0. The molecule has 0 saturated carbocycles. The van der Waals surface area contributed by atoms with Gasteiger partial charge in [0, 0.05) is 32.0 Å². The number of ether oxygens (including phenoxy) is 2. The number of morpholine rings is 1. The molecule has 27 heavy (non-hydrogen) atoms. The Labute approximate surface area is 157 Å². The second kappa shape index (κ2) is 7.90. The van der Waals surface area contributed by atoms with E-state index in [-0.39, 0.29) is 11.9 Å². The third-order valence-electron chi connectivity index (χ3n) is 4.82. The van der Waals surface area contributed by atoms with Gasteiger partial charge in [-0.3, -0.25) is 4.90 Å². The Morgan fingerprint density at radius 1 is 1.22 bits per heavy atom. The van der Waals surface area contributed by atoms with E-state index < -0.39 is 0 Å². The van der Waals surface area contributed by atoms with Crippen molar-refractivity contribution in [2.24, 2.45) is 0 Å². The summed E-state index contributed by atoms with van der Waals surface area (Å²) in [6, 6.07) is 14.5. The molecule has 0 N–H and O–H groups in total. The fraction of sp³-hybridized carbons (Fsp3) is 0.286. The second-order valence-corrected chi connectivity index (χ2v) is 6.59. The van der Waals surface area contributed by atoms with Gasteiger partial charge >= 0.3 is 0 Å². The van der Waals surface area contributed by atoms with Gasteiger partial charge in [-0.15, -0.1) is 0 Å². The van der Waals surface area contributed by atoms with Crippen LogP contribution in [-0.2, 0) is 11.3 Å². The van der Waals surface area contributed by atoms with Gasteiger partial charge in [-0.1, -0.05) is 12.1 Å². The van der Waals surface area contributed by atoms with Crippen LogP contribution in [0.3, 0.4) is 0 Å². The van der Waals surface area contributed by atoms with Gasteiger partial charge in [0.2, 0.25) is 0 Å². The average molecular weight is 367 g/mol. The Morgan fingerprint density at radius 3 is 2.81 bits per heavy atom. The van der Waals surface area contributed by atoms with Crippen molar-refractivity contribution in [2.45, 2.75) is 12.6 Å². The monoisotopic (exact) mass is 367 g/mol. The van der Waals surface area contributed by atoms with Crippen LogP contribution in [0.15, 0.2) is 60.9 Å². The van der Waals surface area contributed by atoms with E-state index in [4.69, 9.17) is 9.47 Å². The Kier molecular flexibility index (Phi) is 5.18. The lowest BCUT2D eigenvalue weighted by Gasteiger charge is -2.33. The van der Waals surface area contributed by atoms with Gasteiger partial charge in [0.25, 0.3) is 0 Å². The molecule has 1 aromatic heterocycles. The van der Waals surface area contributed by atoms with Gasteiger partial charge in [-0.2, -0.15) is 5.10 Å². The molecule has 3 aromatic rings. The minimum atomic E-state index is -0.230. The van der Waals surface area contributed by atoms with Gasteiger partial charge in [-0.05, 0) is 47.5 Å². The molecule has 0 spiro atoms. The van der Waals surface area contributed by atoms with Gasteiger partial charge < -0.3 is 9.47 Å². The van der Waals surface area contributed by atoms with Crippen LogP contribution in [0.5, 0.6) is 5.75 Å². The summed E-state index contributed by atoms with van der Waals surface area (Å²) in [5.74, 6) is 0.593.